The number of aromatic amines is 2. The standard InChI is InChI=1S/C20H21F3N6O/c1-10-25-9-15(26-10)19-27-18(28-29-19)12-5-2-4-11(8-12)16-13(17(24)30)6-3-7-14(16)20(21,22)23/h3,6-7,9,11-12H,2,4-5,8H2,1H3,(H2,24,30)(H,25,26)(H,27,28,29)/t11-,12+/m1/s1. The highest BCUT2D eigenvalue weighted by Crippen LogP contribution is 2.45. The molecule has 3 aromatic rings. The van der Waals surface area contributed by atoms with Crippen molar-refractivity contribution in [2.45, 2.75) is 50.6 Å². The number of primary amides is 1. The van der Waals surface area contributed by atoms with Crippen LogP contribution in [-0.4, -0.2) is 31.1 Å². The van der Waals surface area contributed by atoms with E-state index in [9.17, 15) is 18.0 Å². The summed E-state index contributed by atoms with van der Waals surface area (Å²) >= 11 is 0. The van der Waals surface area contributed by atoms with Crippen molar-refractivity contribution in [3.05, 3.63) is 52.7 Å². The van der Waals surface area contributed by atoms with E-state index in [0.29, 0.717) is 36.6 Å². The fourth-order valence-corrected chi connectivity index (χ4v) is 4.28. The Hall–Kier alpha value is -3.17. The molecule has 0 saturated heterocycles. The Labute approximate surface area is 170 Å². The van der Waals surface area contributed by atoms with Gasteiger partial charge in [0.25, 0.3) is 0 Å². The number of aromatic nitrogens is 5. The zero-order valence-corrected chi connectivity index (χ0v) is 16.3. The van der Waals surface area contributed by atoms with Gasteiger partial charge in [0.1, 0.15) is 17.3 Å². The minimum absolute atomic E-state index is 0.00821. The highest BCUT2D eigenvalue weighted by atomic mass is 19.4. The van der Waals surface area contributed by atoms with Crippen LogP contribution >= 0.6 is 0 Å². The van der Waals surface area contributed by atoms with Crippen LogP contribution in [0.4, 0.5) is 13.2 Å². The number of carbonyl (C=O) groups excluding carboxylic acids is 1. The van der Waals surface area contributed by atoms with Gasteiger partial charge in [0.05, 0.1) is 11.8 Å². The molecule has 1 aromatic carbocycles. The number of carbonyl (C=O) groups is 1. The summed E-state index contributed by atoms with van der Waals surface area (Å²) in [6.45, 7) is 1.82. The third-order valence-corrected chi connectivity index (χ3v) is 5.59. The van der Waals surface area contributed by atoms with E-state index < -0.39 is 23.6 Å². The highest BCUT2D eigenvalue weighted by Gasteiger charge is 2.39. The molecule has 1 saturated carbocycles. The molecule has 0 radical (unpaired) electrons. The number of H-pyrrole nitrogens is 2. The lowest BCUT2D eigenvalue weighted by molar-refractivity contribution is -0.138. The molecule has 2 heterocycles. The van der Waals surface area contributed by atoms with Crippen LogP contribution in [0.2, 0.25) is 0 Å². The third-order valence-electron chi connectivity index (χ3n) is 5.59. The minimum Gasteiger partial charge on any atom is -0.366 e. The molecule has 4 N–H and O–H groups in total. The van der Waals surface area contributed by atoms with E-state index >= 15 is 0 Å². The summed E-state index contributed by atoms with van der Waals surface area (Å²) in [5.74, 6) is 0.406. The van der Waals surface area contributed by atoms with Gasteiger partial charge in [0.15, 0.2) is 5.82 Å². The first-order valence-corrected chi connectivity index (χ1v) is 9.68. The smallest absolute Gasteiger partial charge is 0.366 e. The van der Waals surface area contributed by atoms with Crippen molar-refractivity contribution in [2.24, 2.45) is 5.73 Å². The van der Waals surface area contributed by atoms with Crippen molar-refractivity contribution in [3.63, 3.8) is 0 Å². The fourth-order valence-electron chi connectivity index (χ4n) is 4.28. The van der Waals surface area contributed by atoms with E-state index in [0.717, 1.165) is 18.3 Å². The van der Waals surface area contributed by atoms with Crippen LogP contribution in [0, 0.1) is 6.92 Å². The predicted molar refractivity (Wildman–Crippen MR) is 103 cm³/mol. The molecule has 0 spiro atoms. The molecule has 1 amide bonds. The Morgan fingerprint density at radius 2 is 2.00 bits per heavy atom. The minimum atomic E-state index is -4.56. The van der Waals surface area contributed by atoms with Gasteiger partial charge in [-0.15, -0.1) is 0 Å². The average molecular weight is 418 g/mol. The Balaban J connectivity index is 1.65. The van der Waals surface area contributed by atoms with Gasteiger partial charge in [-0.1, -0.05) is 12.5 Å². The van der Waals surface area contributed by atoms with E-state index in [1.165, 1.54) is 12.1 Å². The summed E-state index contributed by atoms with van der Waals surface area (Å²) < 4.78 is 41.0. The lowest BCUT2D eigenvalue weighted by Crippen LogP contribution is -2.23. The van der Waals surface area contributed by atoms with Gasteiger partial charge in [-0.2, -0.15) is 18.3 Å². The first-order chi connectivity index (χ1) is 14.2. The second kappa shape index (κ2) is 7.58. The average Bonchev–Trinajstić information content (AvgIpc) is 3.36. The molecule has 30 heavy (non-hydrogen) atoms. The fraction of sp³-hybridized carbons (Fsp3) is 0.400. The van der Waals surface area contributed by atoms with Gasteiger partial charge in [0.2, 0.25) is 5.91 Å². The van der Waals surface area contributed by atoms with Crippen molar-refractivity contribution in [1.29, 1.82) is 0 Å². The molecular formula is C20H21F3N6O. The van der Waals surface area contributed by atoms with Gasteiger partial charge in [-0.05, 0) is 49.8 Å². The zero-order chi connectivity index (χ0) is 21.5. The number of hydrogen-bond donors (Lipinski definition) is 3. The second-order valence-corrected chi connectivity index (χ2v) is 7.62. The zero-order valence-electron chi connectivity index (χ0n) is 16.3. The van der Waals surface area contributed by atoms with Crippen LogP contribution in [-0.2, 0) is 6.18 Å². The van der Waals surface area contributed by atoms with Crippen molar-refractivity contribution in [2.75, 3.05) is 0 Å². The Kier molecular flexibility index (Phi) is 5.08. The second-order valence-electron chi connectivity index (χ2n) is 7.62. The molecule has 158 valence electrons. The Morgan fingerprint density at radius 1 is 1.23 bits per heavy atom. The molecule has 2 atom stereocenters. The number of nitrogens with two attached hydrogens (primary N) is 1. The topological polar surface area (TPSA) is 113 Å². The number of aryl methyl sites for hydroxylation is 1. The number of imidazole rings is 1. The number of hydrogen-bond acceptors (Lipinski definition) is 4. The van der Waals surface area contributed by atoms with Crippen LogP contribution in [0.15, 0.2) is 24.4 Å². The van der Waals surface area contributed by atoms with Gasteiger partial charge in [-0.25, -0.2) is 9.97 Å². The van der Waals surface area contributed by atoms with E-state index in [2.05, 4.69) is 25.1 Å². The van der Waals surface area contributed by atoms with Crippen LogP contribution in [0.3, 0.4) is 0 Å². The van der Waals surface area contributed by atoms with Crippen molar-refractivity contribution in [3.8, 4) is 11.5 Å². The summed E-state index contributed by atoms with van der Waals surface area (Å²) in [6.07, 6.45) is -0.489. The molecule has 1 aliphatic carbocycles. The van der Waals surface area contributed by atoms with E-state index in [1.54, 1.807) is 6.20 Å². The maximum absolute atomic E-state index is 13.7. The quantitative estimate of drug-likeness (QED) is 0.593. The van der Waals surface area contributed by atoms with E-state index in [1.807, 2.05) is 6.92 Å². The van der Waals surface area contributed by atoms with E-state index in [-0.39, 0.29) is 17.0 Å². The number of benzene rings is 1. The van der Waals surface area contributed by atoms with Gasteiger partial charge >= 0.3 is 6.18 Å². The first kappa shape index (κ1) is 20.1. The number of amides is 1. The maximum atomic E-state index is 13.7. The van der Waals surface area contributed by atoms with Crippen LogP contribution < -0.4 is 5.73 Å². The number of rotatable bonds is 4. The Bertz CT molecular complexity index is 1070. The molecular weight excluding hydrogens is 397 g/mol. The highest BCUT2D eigenvalue weighted by molar-refractivity contribution is 5.95. The molecule has 0 aliphatic heterocycles. The molecule has 2 aromatic heterocycles. The lowest BCUT2D eigenvalue weighted by Gasteiger charge is -2.31. The number of alkyl halides is 3. The largest absolute Gasteiger partial charge is 0.416 e. The maximum Gasteiger partial charge on any atom is 0.416 e. The third kappa shape index (κ3) is 3.81. The number of nitrogens with zero attached hydrogens (tertiary/aromatic N) is 3. The lowest BCUT2D eigenvalue weighted by atomic mass is 9.75. The Morgan fingerprint density at radius 3 is 2.67 bits per heavy atom. The normalized spacial score (nSPS) is 19.7. The molecule has 0 bridgehead atoms. The predicted octanol–water partition coefficient (Wildman–Crippen LogP) is 4.06. The first-order valence-electron chi connectivity index (χ1n) is 9.68. The SMILES string of the molecule is Cc1ncc(-c2n[nH]c([C@H]3CCC[C@@H](c4c(C(N)=O)cccc4C(F)(F)F)C3)n2)[nH]1. The summed E-state index contributed by atoms with van der Waals surface area (Å²) in [5.41, 5.74) is 5.20. The van der Waals surface area contributed by atoms with Crippen molar-refractivity contribution >= 4 is 5.91 Å². The van der Waals surface area contributed by atoms with Crippen molar-refractivity contribution in [1.82, 2.24) is 25.1 Å². The monoisotopic (exact) mass is 418 g/mol. The van der Waals surface area contributed by atoms with Crippen LogP contribution in [0.25, 0.3) is 11.5 Å². The van der Waals surface area contributed by atoms with E-state index in [4.69, 9.17) is 5.73 Å². The molecule has 7 nitrogen and oxygen atoms in total. The molecule has 0 unspecified atom stereocenters. The number of halogens is 3. The van der Waals surface area contributed by atoms with Crippen LogP contribution in [0.1, 0.15) is 70.7 Å². The number of nitrogens with one attached hydrogen (secondary N) is 2. The van der Waals surface area contributed by atoms with Crippen molar-refractivity contribution < 1.29 is 18.0 Å². The summed E-state index contributed by atoms with van der Waals surface area (Å²) in [7, 11) is 0. The summed E-state index contributed by atoms with van der Waals surface area (Å²) in [5, 5.41) is 7.13. The van der Waals surface area contributed by atoms with Gasteiger partial charge in [0, 0.05) is 11.5 Å². The van der Waals surface area contributed by atoms with Gasteiger partial charge < -0.3 is 10.7 Å². The molecule has 10 heteroatoms. The molecule has 4 rings (SSSR count). The van der Waals surface area contributed by atoms with Gasteiger partial charge in [-0.3, -0.25) is 9.89 Å². The van der Waals surface area contributed by atoms with Crippen LogP contribution in [0.5, 0.6) is 0 Å². The molecule has 1 fully saturated rings. The summed E-state index contributed by atoms with van der Waals surface area (Å²) in [6, 6.07) is 3.60. The molecule has 1 aliphatic rings. The summed E-state index contributed by atoms with van der Waals surface area (Å²) in [4.78, 5) is 23.6.